The Hall–Kier alpha value is -0.0900. The lowest BCUT2D eigenvalue weighted by atomic mass is 9.96. The van der Waals surface area contributed by atoms with Crippen LogP contribution < -0.4 is 5.32 Å². The first-order chi connectivity index (χ1) is 8.08. The summed E-state index contributed by atoms with van der Waals surface area (Å²) in [7, 11) is 0. The number of nitrogens with one attached hydrogen (secondary N) is 1. The Balaban J connectivity index is 1.97. The molecule has 1 aliphatic rings. The molecule has 1 aliphatic carbocycles. The minimum atomic E-state index is 0.463. The average Bonchev–Trinajstić information content (AvgIpc) is 2.62. The largest absolute Gasteiger partial charge is 0.307 e. The Bertz CT molecular complexity index is 360. The molecule has 0 radical (unpaired) electrons. The van der Waals surface area contributed by atoms with Gasteiger partial charge < -0.3 is 5.32 Å². The van der Waals surface area contributed by atoms with Crippen molar-refractivity contribution in [3.8, 4) is 0 Å². The molecule has 0 aliphatic heterocycles. The summed E-state index contributed by atoms with van der Waals surface area (Å²) in [5, 5.41) is 3.79. The predicted octanol–water partition coefficient (Wildman–Crippen LogP) is 4.38. The molecule has 0 aromatic heterocycles. The summed E-state index contributed by atoms with van der Waals surface area (Å²) in [6.07, 6.45) is 2.70. The Kier molecular flexibility index (Phi) is 4.47. The lowest BCUT2D eigenvalue weighted by Gasteiger charge is -2.24. The van der Waals surface area contributed by atoms with Gasteiger partial charge in [0.05, 0.1) is 0 Å². The fraction of sp³-hybridized carbons (Fsp3) is 0.600. The molecule has 0 bridgehead atoms. The highest BCUT2D eigenvalue weighted by Gasteiger charge is 2.30. The highest BCUT2D eigenvalue weighted by atomic mass is 127. The van der Waals surface area contributed by atoms with Crippen molar-refractivity contribution >= 4 is 22.6 Å². The number of hydrogen-bond acceptors (Lipinski definition) is 1. The molecule has 4 atom stereocenters. The van der Waals surface area contributed by atoms with Gasteiger partial charge in [-0.15, -0.1) is 0 Å². The standard InChI is InChI=1S/C15H22IN/c1-10-4-9-15(11(10)2)17-12(3)13-5-7-14(16)8-6-13/h5-8,10-12,15,17H,4,9H2,1-3H3. The van der Waals surface area contributed by atoms with E-state index in [2.05, 4.69) is 72.9 Å². The zero-order chi connectivity index (χ0) is 12.4. The van der Waals surface area contributed by atoms with Gasteiger partial charge in [0.25, 0.3) is 0 Å². The van der Waals surface area contributed by atoms with E-state index in [1.54, 1.807) is 0 Å². The molecule has 0 saturated heterocycles. The third kappa shape index (κ3) is 3.22. The van der Waals surface area contributed by atoms with Crippen LogP contribution in [0, 0.1) is 15.4 Å². The molecule has 0 amide bonds. The minimum Gasteiger partial charge on any atom is -0.307 e. The van der Waals surface area contributed by atoms with Crippen LogP contribution in [0.4, 0.5) is 0 Å². The van der Waals surface area contributed by atoms with Crippen LogP contribution >= 0.6 is 22.6 Å². The molecule has 0 spiro atoms. The highest BCUT2D eigenvalue weighted by molar-refractivity contribution is 14.1. The van der Waals surface area contributed by atoms with Crippen molar-refractivity contribution in [3.63, 3.8) is 0 Å². The summed E-state index contributed by atoms with van der Waals surface area (Å²) >= 11 is 2.36. The monoisotopic (exact) mass is 343 g/mol. The maximum absolute atomic E-state index is 3.79. The molecular formula is C15H22IN. The molecule has 1 N–H and O–H groups in total. The number of benzene rings is 1. The van der Waals surface area contributed by atoms with Crippen molar-refractivity contribution < 1.29 is 0 Å². The van der Waals surface area contributed by atoms with Crippen LogP contribution in [0.3, 0.4) is 0 Å². The average molecular weight is 343 g/mol. The first-order valence-electron chi connectivity index (χ1n) is 6.59. The number of halogens is 1. The zero-order valence-corrected chi connectivity index (χ0v) is 13.1. The van der Waals surface area contributed by atoms with Gasteiger partial charge in [0.2, 0.25) is 0 Å². The van der Waals surface area contributed by atoms with Gasteiger partial charge in [-0.3, -0.25) is 0 Å². The molecule has 94 valence electrons. The minimum absolute atomic E-state index is 0.463. The second kappa shape index (κ2) is 5.70. The first kappa shape index (κ1) is 13.3. The summed E-state index contributed by atoms with van der Waals surface area (Å²) < 4.78 is 1.31. The van der Waals surface area contributed by atoms with Gasteiger partial charge >= 0.3 is 0 Å². The van der Waals surface area contributed by atoms with Crippen LogP contribution in [0.25, 0.3) is 0 Å². The SMILES string of the molecule is CC(NC1CCC(C)C1C)c1ccc(I)cc1. The van der Waals surface area contributed by atoms with Crippen LogP contribution in [-0.4, -0.2) is 6.04 Å². The molecule has 1 nitrogen and oxygen atoms in total. The topological polar surface area (TPSA) is 12.0 Å². The van der Waals surface area contributed by atoms with Crippen LogP contribution in [0.5, 0.6) is 0 Å². The van der Waals surface area contributed by atoms with E-state index in [9.17, 15) is 0 Å². The van der Waals surface area contributed by atoms with Gasteiger partial charge in [0.15, 0.2) is 0 Å². The molecule has 2 heteroatoms. The van der Waals surface area contributed by atoms with E-state index in [1.807, 2.05) is 0 Å². The summed E-state index contributed by atoms with van der Waals surface area (Å²) in [4.78, 5) is 0. The molecule has 1 aromatic carbocycles. The fourth-order valence-electron chi connectivity index (χ4n) is 2.77. The molecule has 1 saturated carbocycles. The van der Waals surface area contributed by atoms with E-state index in [4.69, 9.17) is 0 Å². The summed E-state index contributed by atoms with van der Waals surface area (Å²) in [6, 6.07) is 10.0. The third-order valence-corrected chi connectivity index (χ3v) is 5.02. The number of rotatable bonds is 3. The quantitative estimate of drug-likeness (QED) is 0.804. The smallest absolute Gasteiger partial charge is 0.0294 e. The summed E-state index contributed by atoms with van der Waals surface area (Å²) in [5.74, 6) is 1.68. The second-order valence-corrected chi connectivity index (χ2v) is 6.71. The van der Waals surface area contributed by atoms with Gasteiger partial charge in [-0.25, -0.2) is 0 Å². The van der Waals surface area contributed by atoms with Crippen molar-refractivity contribution in [1.82, 2.24) is 5.32 Å². The summed E-state index contributed by atoms with van der Waals surface area (Å²) in [5.41, 5.74) is 1.40. The van der Waals surface area contributed by atoms with Crippen molar-refractivity contribution in [2.24, 2.45) is 11.8 Å². The van der Waals surface area contributed by atoms with Gasteiger partial charge in [0, 0.05) is 15.7 Å². The maximum Gasteiger partial charge on any atom is 0.0294 e. The van der Waals surface area contributed by atoms with E-state index in [1.165, 1.54) is 22.0 Å². The normalized spacial score (nSPS) is 30.5. The van der Waals surface area contributed by atoms with Crippen LogP contribution in [0.2, 0.25) is 0 Å². The van der Waals surface area contributed by atoms with E-state index >= 15 is 0 Å². The molecular weight excluding hydrogens is 321 g/mol. The Morgan fingerprint density at radius 3 is 2.35 bits per heavy atom. The lowest BCUT2D eigenvalue weighted by molar-refractivity contribution is 0.347. The van der Waals surface area contributed by atoms with Gasteiger partial charge in [-0.2, -0.15) is 0 Å². The van der Waals surface area contributed by atoms with E-state index < -0.39 is 0 Å². The van der Waals surface area contributed by atoms with Crippen molar-refractivity contribution in [2.75, 3.05) is 0 Å². The van der Waals surface area contributed by atoms with Crippen LogP contribution in [0.15, 0.2) is 24.3 Å². The van der Waals surface area contributed by atoms with E-state index in [0.29, 0.717) is 12.1 Å². The van der Waals surface area contributed by atoms with Gasteiger partial charge in [-0.05, 0) is 71.9 Å². The molecule has 4 unspecified atom stereocenters. The van der Waals surface area contributed by atoms with Crippen molar-refractivity contribution in [1.29, 1.82) is 0 Å². The first-order valence-corrected chi connectivity index (χ1v) is 7.67. The van der Waals surface area contributed by atoms with Gasteiger partial charge in [0.1, 0.15) is 0 Å². The van der Waals surface area contributed by atoms with E-state index in [0.717, 1.165) is 11.8 Å². The highest BCUT2D eigenvalue weighted by Crippen LogP contribution is 2.32. The van der Waals surface area contributed by atoms with Crippen LogP contribution in [-0.2, 0) is 0 Å². The van der Waals surface area contributed by atoms with Crippen molar-refractivity contribution in [2.45, 2.75) is 45.7 Å². The maximum atomic E-state index is 3.79. The number of hydrogen-bond donors (Lipinski definition) is 1. The second-order valence-electron chi connectivity index (χ2n) is 5.46. The molecule has 2 rings (SSSR count). The molecule has 0 heterocycles. The van der Waals surface area contributed by atoms with Crippen molar-refractivity contribution in [3.05, 3.63) is 33.4 Å². The Morgan fingerprint density at radius 1 is 1.18 bits per heavy atom. The Labute approximate surface area is 119 Å². The lowest BCUT2D eigenvalue weighted by Crippen LogP contribution is -2.34. The fourth-order valence-corrected chi connectivity index (χ4v) is 3.13. The van der Waals surface area contributed by atoms with E-state index in [-0.39, 0.29) is 0 Å². The van der Waals surface area contributed by atoms with Gasteiger partial charge in [-0.1, -0.05) is 26.0 Å². The third-order valence-electron chi connectivity index (χ3n) is 4.30. The predicted molar refractivity (Wildman–Crippen MR) is 82.1 cm³/mol. The zero-order valence-electron chi connectivity index (χ0n) is 10.9. The van der Waals surface area contributed by atoms with Crippen LogP contribution in [0.1, 0.15) is 45.2 Å². The Morgan fingerprint density at radius 2 is 1.82 bits per heavy atom. The molecule has 17 heavy (non-hydrogen) atoms. The molecule has 1 fully saturated rings. The molecule has 1 aromatic rings. The summed E-state index contributed by atoms with van der Waals surface area (Å²) in [6.45, 7) is 7.04.